The van der Waals surface area contributed by atoms with Gasteiger partial charge in [-0.3, -0.25) is 9.45 Å². The van der Waals surface area contributed by atoms with E-state index in [1.807, 2.05) is 0 Å². The molecule has 6 N–H and O–H groups in total. The standard InChI is InChI=1S/C14H32N2O9S2/c15-3-4-16(9-13(17)11-24-5-1-7-26(19)20)10-14(18)12-25-6-2-8-27(21,22)23/h13-14,17-18H,1-12,15H2,(H,19,20)(H,21,22,23). The van der Waals surface area contributed by atoms with Gasteiger partial charge in [-0.15, -0.1) is 0 Å². The number of rotatable bonds is 18. The van der Waals surface area contributed by atoms with Crippen LogP contribution in [-0.2, 0) is 30.7 Å². The van der Waals surface area contributed by atoms with E-state index in [-0.39, 0.29) is 51.7 Å². The Bertz CT molecular complexity index is 493. The summed E-state index contributed by atoms with van der Waals surface area (Å²) in [5.74, 6) is -0.283. The summed E-state index contributed by atoms with van der Waals surface area (Å²) >= 11 is -1.85. The van der Waals surface area contributed by atoms with E-state index in [1.165, 1.54) is 0 Å². The van der Waals surface area contributed by atoms with Gasteiger partial charge in [0.05, 0.1) is 36.9 Å². The molecule has 0 bridgehead atoms. The number of hydrogen-bond donors (Lipinski definition) is 5. The maximum absolute atomic E-state index is 10.6. The lowest BCUT2D eigenvalue weighted by Crippen LogP contribution is -2.43. The minimum Gasteiger partial charge on any atom is -0.389 e. The molecule has 0 aliphatic carbocycles. The van der Waals surface area contributed by atoms with Crippen molar-refractivity contribution in [3.8, 4) is 0 Å². The van der Waals surface area contributed by atoms with Gasteiger partial charge >= 0.3 is 0 Å². The van der Waals surface area contributed by atoms with Crippen LogP contribution in [0, 0.1) is 0 Å². The van der Waals surface area contributed by atoms with Crippen LogP contribution in [-0.4, -0.2) is 113 Å². The number of nitrogens with two attached hydrogens (primary N) is 1. The Hall–Kier alpha value is -0.220. The van der Waals surface area contributed by atoms with E-state index in [9.17, 15) is 22.8 Å². The van der Waals surface area contributed by atoms with Gasteiger partial charge in [0, 0.05) is 39.4 Å². The number of nitrogens with zero attached hydrogens (tertiary/aromatic N) is 1. The third kappa shape index (κ3) is 18.9. The minimum absolute atomic E-state index is 0.0164. The largest absolute Gasteiger partial charge is 0.389 e. The molecule has 0 radical (unpaired) electrons. The van der Waals surface area contributed by atoms with Gasteiger partial charge in [0.15, 0.2) is 11.1 Å². The van der Waals surface area contributed by atoms with Crippen LogP contribution < -0.4 is 5.73 Å². The van der Waals surface area contributed by atoms with Gasteiger partial charge in [0.2, 0.25) is 0 Å². The summed E-state index contributed by atoms with van der Waals surface area (Å²) in [5, 5.41) is 20.0. The normalized spacial score (nSPS) is 15.8. The smallest absolute Gasteiger partial charge is 0.264 e. The average Bonchev–Trinajstić information content (AvgIpc) is 2.53. The molecular formula is C14H32N2O9S2. The second kappa shape index (κ2) is 15.7. The van der Waals surface area contributed by atoms with E-state index < -0.39 is 39.2 Å². The van der Waals surface area contributed by atoms with E-state index in [4.69, 9.17) is 24.3 Å². The first kappa shape index (κ1) is 26.8. The molecule has 11 nitrogen and oxygen atoms in total. The van der Waals surface area contributed by atoms with Crippen molar-refractivity contribution in [3.63, 3.8) is 0 Å². The van der Waals surface area contributed by atoms with Crippen LogP contribution in [0.4, 0.5) is 0 Å². The Kier molecular flexibility index (Phi) is 15.5. The SMILES string of the molecule is NCCN(CC(O)COCCCS(=O)O)CC(O)COCCCS(=O)(=O)O. The molecular weight excluding hydrogens is 404 g/mol. The zero-order chi connectivity index (χ0) is 20.7. The summed E-state index contributed by atoms with van der Waals surface area (Å²) in [6, 6.07) is 0. The Morgan fingerprint density at radius 3 is 2.00 bits per heavy atom. The van der Waals surface area contributed by atoms with Gasteiger partial charge in [0.25, 0.3) is 10.1 Å². The number of hydrogen-bond acceptors (Lipinski definition) is 9. The highest BCUT2D eigenvalue weighted by Gasteiger charge is 2.16. The first-order chi connectivity index (χ1) is 12.6. The molecule has 0 heterocycles. The molecule has 0 rings (SSSR count). The summed E-state index contributed by atoms with van der Waals surface area (Å²) in [4.78, 5) is 1.75. The van der Waals surface area contributed by atoms with E-state index in [0.717, 1.165) is 0 Å². The summed E-state index contributed by atoms with van der Waals surface area (Å²) < 4.78 is 59.2. The lowest BCUT2D eigenvalue weighted by Gasteiger charge is -2.26. The van der Waals surface area contributed by atoms with Crippen LogP contribution >= 0.6 is 0 Å². The van der Waals surface area contributed by atoms with Gasteiger partial charge in [-0.05, 0) is 12.8 Å². The Morgan fingerprint density at radius 2 is 1.56 bits per heavy atom. The molecule has 13 heteroatoms. The van der Waals surface area contributed by atoms with Crippen molar-refractivity contribution in [1.82, 2.24) is 4.90 Å². The van der Waals surface area contributed by atoms with E-state index in [2.05, 4.69) is 0 Å². The fourth-order valence-corrected chi connectivity index (χ4v) is 3.06. The molecule has 0 aromatic carbocycles. The van der Waals surface area contributed by atoms with Gasteiger partial charge in [0.1, 0.15) is 0 Å². The van der Waals surface area contributed by atoms with Crippen molar-refractivity contribution < 1.29 is 41.4 Å². The summed E-state index contributed by atoms with van der Waals surface area (Å²) in [6.07, 6.45) is -1.12. The first-order valence-electron chi connectivity index (χ1n) is 8.60. The van der Waals surface area contributed by atoms with Crippen LogP contribution in [0.15, 0.2) is 0 Å². The van der Waals surface area contributed by atoms with Crippen molar-refractivity contribution in [3.05, 3.63) is 0 Å². The molecule has 3 atom stereocenters. The van der Waals surface area contributed by atoms with Gasteiger partial charge in [-0.1, -0.05) is 0 Å². The molecule has 0 spiro atoms. The number of aliphatic hydroxyl groups is 2. The average molecular weight is 437 g/mol. The maximum Gasteiger partial charge on any atom is 0.264 e. The monoisotopic (exact) mass is 436 g/mol. The third-order valence-electron chi connectivity index (χ3n) is 3.30. The topological polar surface area (TPSA) is 180 Å². The van der Waals surface area contributed by atoms with Crippen LogP contribution in [0.1, 0.15) is 12.8 Å². The zero-order valence-electron chi connectivity index (χ0n) is 15.3. The molecule has 0 amide bonds. The van der Waals surface area contributed by atoms with Crippen molar-refractivity contribution in [1.29, 1.82) is 0 Å². The number of ether oxygens (including phenoxy) is 2. The molecule has 27 heavy (non-hydrogen) atoms. The molecule has 0 aliphatic rings. The quantitative estimate of drug-likeness (QED) is 0.0901. The van der Waals surface area contributed by atoms with Crippen LogP contribution in [0.3, 0.4) is 0 Å². The van der Waals surface area contributed by atoms with Crippen molar-refractivity contribution in [2.45, 2.75) is 25.0 Å². The number of aliphatic hydroxyl groups excluding tert-OH is 2. The summed E-state index contributed by atoms with van der Waals surface area (Å²) in [7, 11) is -4.01. The molecule has 0 saturated heterocycles. The zero-order valence-corrected chi connectivity index (χ0v) is 16.9. The lowest BCUT2D eigenvalue weighted by molar-refractivity contribution is -0.00902. The van der Waals surface area contributed by atoms with Crippen LogP contribution in [0.5, 0.6) is 0 Å². The predicted octanol–water partition coefficient (Wildman–Crippen LogP) is -2.11. The highest BCUT2D eigenvalue weighted by Crippen LogP contribution is 1.99. The van der Waals surface area contributed by atoms with Gasteiger partial charge < -0.3 is 30.0 Å². The first-order valence-corrected chi connectivity index (χ1v) is 11.5. The van der Waals surface area contributed by atoms with Gasteiger partial charge in [-0.2, -0.15) is 8.42 Å². The fourth-order valence-electron chi connectivity index (χ4n) is 2.21. The second-order valence-electron chi connectivity index (χ2n) is 6.02. The maximum atomic E-state index is 10.6. The molecule has 0 fully saturated rings. The summed E-state index contributed by atoms with van der Waals surface area (Å²) in [6.45, 7) is 1.60. The highest BCUT2D eigenvalue weighted by molar-refractivity contribution is 7.85. The highest BCUT2D eigenvalue weighted by atomic mass is 32.2. The Balaban J connectivity index is 3.99. The molecule has 0 aromatic heterocycles. The second-order valence-corrected chi connectivity index (χ2v) is 8.65. The summed E-state index contributed by atoms with van der Waals surface area (Å²) in [5.41, 5.74) is 5.53. The van der Waals surface area contributed by atoms with Crippen molar-refractivity contribution in [2.24, 2.45) is 5.73 Å². The fraction of sp³-hybridized carbons (Fsp3) is 1.00. The molecule has 3 unspecified atom stereocenters. The predicted molar refractivity (Wildman–Crippen MR) is 100 cm³/mol. The molecule has 0 aliphatic heterocycles. The minimum atomic E-state index is -4.01. The lowest BCUT2D eigenvalue weighted by atomic mass is 10.2. The Labute approximate surface area is 162 Å². The van der Waals surface area contributed by atoms with Crippen LogP contribution in [0.25, 0.3) is 0 Å². The van der Waals surface area contributed by atoms with Crippen molar-refractivity contribution in [2.75, 3.05) is 64.1 Å². The molecule has 0 saturated carbocycles. The van der Waals surface area contributed by atoms with Gasteiger partial charge in [-0.25, -0.2) is 4.21 Å². The van der Waals surface area contributed by atoms with Crippen LogP contribution in [0.2, 0.25) is 0 Å². The van der Waals surface area contributed by atoms with E-state index in [0.29, 0.717) is 19.5 Å². The Morgan fingerprint density at radius 1 is 1.04 bits per heavy atom. The molecule has 164 valence electrons. The molecule has 0 aromatic rings. The third-order valence-corrected chi connectivity index (χ3v) is 4.74. The van der Waals surface area contributed by atoms with Crippen molar-refractivity contribution >= 4 is 21.2 Å². The van der Waals surface area contributed by atoms with E-state index in [1.54, 1.807) is 4.90 Å². The van der Waals surface area contributed by atoms with E-state index >= 15 is 0 Å².